The van der Waals surface area contributed by atoms with Gasteiger partial charge in [-0.1, -0.05) is 20.3 Å². The molecule has 2 atom stereocenters. The molecule has 0 aromatic rings. The number of nitrogens with zero attached hydrogens (tertiary/aromatic N) is 2. The standard InChI is InChI=1S/C16H31N3/c1-7-15(4)19-16(18-6)14(3)10-8-9-13(2)11-12-17-5/h12-13,15,19H,6-11H2,1-5H3/b16-14-,17-12-/t13-,15?/m1/s1. The maximum atomic E-state index is 4.12. The molecule has 0 aliphatic heterocycles. The minimum absolute atomic E-state index is 0.454. The van der Waals surface area contributed by atoms with Crippen LogP contribution in [0.2, 0.25) is 0 Å². The van der Waals surface area contributed by atoms with Crippen LogP contribution in [-0.4, -0.2) is 26.0 Å². The Morgan fingerprint density at radius 1 is 1.37 bits per heavy atom. The Balaban J connectivity index is 4.17. The van der Waals surface area contributed by atoms with Gasteiger partial charge in [-0.15, -0.1) is 0 Å². The van der Waals surface area contributed by atoms with Crippen molar-refractivity contribution >= 4 is 12.9 Å². The summed E-state index contributed by atoms with van der Waals surface area (Å²) in [5.74, 6) is 1.68. The molecule has 0 aliphatic rings. The molecule has 1 unspecified atom stereocenters. The van der Waals surface area contributed by atoms with Crippen LogP contribution in [0.4, 0.5) is 0 Å². The second-order valence-corrected chi connectivity index (χ2v) is 5.41. The number of rotatable bonds is 10. The van der Waals surface area contributed by atoms with Crippen LogP contribution in [-0.2, 0) is 0 Å². The zero-order valence-electron chi connectivity index (χ0n) is 13.4. The van der Waals surface area contributed by atoms with E-state index in [1.807, 2.05) is 13.3 Å². The van der Waals surface area contributed by atoms with E-state index in [1.54, 1.807) is 0 Å². The van der Waals surface area contributed by atoms with Gasteiger partial charge >= 0.3 is 0 Å². The Bertz CT molecular complexity index is 305. The van der Waals surface area contributed by atoms with Crippen LogP contribution in [0.15, 0.2) is 21.4 Å². The van der Waals surface area contributed by atoms with E-state index in [0.29, 0.717) is 12.0 Å². The van der Waals surface area contributed by atoms with Crippen molar-refractivity contribution in [3.05, 3.63) is 11.4 Å². The quantitative estimate of drug-likeness (QED) is 0.590. The minimum Gasteiger partial charge on any atom is -0.368 e. The first-order valence-corrected chi connectivity index (χ1v) is 7.38. The number of allylic oxidation sites excluding steroid dienone is 1. The maximum absolute atomic E-state index is 4.12. The van der Waals surface area contributed by atoms with Gasteiger partial charge in [0.25, 0.3) is 0 Å². The first-order valence-electron chi connectivity index (χ1n) is 7.38. The van der Waals surface area contributed by atoms with Crippen LogP contribution < -0.4 is 5.32 Å². The molecule has 110 valence electrons. The van der Waals surface area contributed by atoms with Crippen molar-refractivity contribution in [3.8, 4) is 0 Å². The summed E-state index contributed by atoms with van der Waals surface area (Å²) in [6.45, 7) is 12.4. The van der Waals surface area contributed by atoms with E-state index in [1.165, 1.54) is 18.4 Å². The Morgan fingerprint density at radius 3 is 2.58 bits per heavy atom. The van der Waals surface area contributed by atoms with Crippen molar-refractivity contribution in [1.82, 2.24) is 5.32 Å². The van der Waals surface area contributed by atoms with Gasteiger partial charge < -0.3 is 10.3 Å². The molecule has 19 heavy (non-hydrogen) atoms. The van der Waals surface area contributed by atoms with Crippen LogP contribution in [0.5, 0.6) is 0 Å². The van der Waals surface area contributed by atoms with Gasteiger partial charge in [0, 0.05) is 13.1 Å². The molecule has 0 bridgehead atoms. The van der Waals surface area contributed by atoms with Crippen molar-refractivity contribution in [2.45, 2.75) is 65.8 Å². The number of nitrogens with one attached hydrogen (secondary N) is 1. The second kappa shape index (κ2) is 10.8. The molecule has 0 aromatic heterocycles. The van der Waals surface area contributed by atoms with Crippen molar-refractivity contribution in [1.29, 1.82) is 0 Å². The molecular weight excluding hydrogens is 234 g/mol. The van der Waals surface area contributed by atoms with Gasteiger partial charge in [-0.2, -0.15) is 0 Å². The molecule has 0 aromatic carbocycles. The highest BCUT2D eigenvalue weighted by Crippen LogP contribution is 2.16. The van der Waals surface area contributed by atoms with Gasteiger partial charge in [0.1, 0.15) is 5.82 Å². The van der Waals surface area contributed by atoms with Gasteiger partial charge in [-0.3, -0.25) is 0 Å². The average Bonchev–Trinajstić information content (AvgIpc) is 2.41. The van der Waals surface area contributed by atoms with Crippen LogP contribution in [0, 0.1) is 5.92 Å². The predicted octanol–water partition coefficient (Wildman–Crippen LogP) is 4.20. The smallest absolute Gasteiger partial charge is 0.124 e. The maximum Gasteiger partial charge on any atom is 0.124 e. The molecule has 0 rings (SSSR count). The molecule has 0 aliphatic carbocycles. The fourth-order valence-corrected chi connectivity index (χ4v) is 1.88. The summed E-state index contributed by atoms with van der Waals surface area (Å²) in [7, 11) is 1.84. The SMILES string of the molecule is C=N/C(NC(C)CC)=C(\C)CCC[C@@H](C)C/C=N\C. The lowest BCUT2D eigenvalue weighted by Crippen LogP contribution is -2.24. The fraction of sp³-hybridized carbons (Fsp3) is 0.750. The molecule has 0 heterocycles. The van der Waals surface area contributed by atoms with Crippen molar-refractivity contribution < 1.29 is 0 Å². The zero-order valence-corrected chi connectivity index (χ0v) is 13.4. The summed E-state index contributed by atoms with van der Waals surface area (Å²) in [5, 5.41) is 3.42. The summed E-state index contributed by atoms with van der Waals surface area (Å²) in [4.78, 5) is 8.16. The molecule has 0 saturated heterocycles. The summed E-state index contributed by atoms with van der Waals surface area (Å²) < 4.78 is 0. The van der Waals surface area contributed by atoms with Crippen LogP contribution in [0.3, 0.4) is 0 Å². The Kier molecular flexibility index (Phi) is 10.1. The summed E-state index contributed by atoms with van der Waals surface area (Å²) in [6, 6.07) is 0.454. The summed E-state index contributed by atoms with van der Waals surface area (Å²) in [6.07, 6.45) is 7.71. The molecule has 0 saturated carbocycles. The first-order chi connectivity index (χ1) is 9.04. The second-order valence-electron chi connectivity index (χ2n) is 5.41. The van der Waals surface area contributed by atoms with Crippen molar-refractivity contribution in [2.24, 2.45) is 15.9 Å². The molecule has 0 amide bonds. The lowest BCUT2D eigenvalue weighted by Gasteiger charge is -2.16. The normalized spacial score (nSPS) is 16.1. The monoisotopic (exact) mass is 265 g/mol. The van der Waals surface area contributed by atoms with Crippen molar-refractivity contribution in [3.63, 3.8) is 0 Å². The Labute approximate surface area is 119 Å². The molecule has 3 heteroatoms. The molecule has 0 fully saturated rings. The lowest BCUT2D eigenvalue weighted by molar-refractivity contribution is 0.525. The van der Waals surface area contributed by atoms with Gasteiger partial charge in [0.2, 0.25) is 0 Å². The zero-order chi connectivity index (χ0) is 14.7. The lowest BCUT2D eigenvalue weighted by atomic mass is 9.99. The van der Waals surface area contributed by atoms with Gasteiger partial charge in [-0.25, -0.2) is 4.99 Å². The van der Waals surface area contributed by atoms with E-state index in [9.17, 15) is 0 Å². The highest BCUT2D eigenvalue weighted by molar-refractivity contribution is 5.57. The van der Waals surface area contributed by atoms with E-state index in [-0.39, 0.29) is 0 Å². The fourth-order valence-electron chi connectivity index (χ4n) is 1.88. The van der Waals surface area contributed by atoms with Crippen LogP contribution >= 0.6 is 0 Å². The third-order valence-corrected chi connectivity index (χ3v) is 3.50. The first kappa shape index (κ1) is 17.9. The molecule has 1 N–H and O–H groups in total. The van der Waals surface area contributed by atoms with Crippen LogP contribution in [0.1, 0.15) is 59.8 Å². The predicted molar refractivity (Wildman–Crippen MR) is 87.2 cm³/mol. The highest BCUT2D eigenvalue weighted by atomic mass is 15.0. The number of aliphatic imine (C=N–C) groups is 2. The largest absolute Gasteiger partial charge is 0.368 e. The average molecular weight is 265 g/mol. The molecule has 0 radical (unpaired) electrons. The van der Waals surface area contributed by atoms with E-state index in [2.05, 4.69) is 49.7 Å². The highest BCUT2D eigenvalue weighted by Gasteiger charge is 2.05. The Hall–Kier alpha value is -1.12. The van der Waals surface area contributed by atoms with E-state index >= 15 is 0 Å². The van der Waals surface area contributed by atoms with E-state index in [4.69, 9.17) is 0 Å². The topological polar surface area (TPSA) is 36.8 Å². The number of hydrogen-bond acceptors (Lipinski definition) is 3. The van der Waals surface area contributed by atoms with Gasteiger partial charge in [0.15, 0.2) is 0 Å². The minimum atomic E-state index is 0.454. The van der Waals surface area contributed by atoms with Crippen molar-refractivity contribution in [2.75, 3.05) is 7.05 Å². The molecule has 3 nitrogen and oxygen atoms in total. The van der Waals surface area contributed by atoms with Crippen LogP contribution in [0.25, 0.3) is 0 Å². The third kappa shape index (κ3) is 8.57. The molecule has 0 spiro atoms. The third-order valence-electron chi connectivity index (χ3n) is 3.50. The summed E-state index contributed by atoms with van der Waals surface area (Å²) >= 11 is 0. The van der Waals surface area contributed by atoms with Gasteiger partial charge in [-0.05, 0) is 64.0 Å². The van der Waals surface area contributed by atoms with E-state index in [0.717, 1.165) is 25.1 Å². The summed E-state index contributed by atoms with van der Waals surface area (Å²) in [5.41, 5.74) is 1.31. The van der Waals surface area contributed by atoms with Gasteiger partial charge in [0.05, 0.1) is 0 Å². The Morgan fingerprint density at radius 2 is 2.05 bits per heavy atom. The number of hydrogen-bond donors (Lipinski definition) is 1. The van der Waals surface area contributed by atoms with E-state index < -0.39 is 0 Å². The molecular formula is C16H31N3.